The van der Waals surface area contributed by atoms with Crippen molar-refractivity contribution in [2.75, 3.05) is 20.3 Å². The van der Waals surface area contributed by atoms with E-state index in [-0.39, 0.29) is 23.8 Å². The van der Waals surface area contributed by atoms with Crippen molar-refractivity contribution in [1.82, 2.24) is 0 Å². The van der Waals surface area contributed by atoms with Crippen LogP contribution in [-0.2, 0) is 4.79 Å². The smallest absolute Gasteiger partial charge is 0.349 e. The number of hydrogen-bond donors (Lipinski definition) is 1. The van der Waals surface area contributed by atoms with E-state index in [2.05, 4.69) is 13.0 Å². The number of allylic oxidation sites excluding steroid dienone is 1. The van der Waals surface area contributed by atoms with Gasteiger partial charge < -0.3 is 29.4 Å². The zero-order chi connectivity index (χ0) is 27.8. The number of benzene rings is 3. The summed E-state index contributed by atoms with van der Waals surface area (Å²) >= 11 is 0. The van der Waals surface area contributed by atoms with Crippen LogP contribution in [0, 0.1) is 18.3 Å². The fraction of sp³-hybridized carbons (Fsp3) is 0.290. The van der Waals surface area contributed by atoms with Gasteiger partial charge in [-0.3, -0.25) is 0 Å². The molecule has 39 heavy (non-hydrogen) atoms. The molecular weight excluding hydrogens is 496 g/mol. The van der Waals surface area contributed by atoms with Gasteiger partial charge in [0.25, 0.3) is 0 Å². The minimum absolute atomic E-state index is 0.0137. The molecule has 1 heterocycles. The highest BCUT2D eigenvalue weighted by atomic mass is 16.6. The maximum Gasteiger partial charge on any atom is 0.349 e. The van der Waals surface area contributed by atoms with Crippen molar-refractivity contribution < 1.29 is 28.5 Å². The van der Waals surface area contributed by atoms with Crippen LogP contribution in [0.2, 0.25) is 0 Å². The van der Waals surface area contributed by atoms with Gasteiger partial charge in [-0.25, -0.2) is 4.79 Å². The molecule has 3 aromatic carbocycles. The number of nitriles is 1. The van der Waals surface area contributed by atoms with Crippen molar-refractivity contribution in [2.45, 2.75) is 39.0 Å². The van der Waals surface area contributed by atoms with E-state index < -0.39 is 11.9 Å². The lowest BCUT2D eigenvalue weighted by Crippen LogP contribution is -2.22. The summed E-state index contributed by atoms with van der Waals surface area (Å²) in [4.78, 5) is 12.4. The van der Waals surface area contributed by atoms with Crippen molar-refractivity contribution in [3.63, 3.8) is 0 Å². The van der Waals surface area contributed by atoms with Crippen LogP contribution < -0.4 is 29.4 Å². The van der Waals surface area contributed by atoms with Gasteiger partial charge in [0.2, 0.25) is 5.88 Å². The number of nitrogens with two attached hydrogens (primary N) is 1. The van der Waals surface area contributed by atoms with Crippen LogP contribution in [0.25, 0.3) is 0 Å². The molecule has 0 saturated carbocycles. The van der Waals surface area contributed by atoms with Crippen LogP contribution >= 0.6 is 0 Å². The minimum Gasteiger partial charge on any atom is -0.493 e. The zero-order valence-electron chi connectivity index (χ0n) is 22.4. The zero-order valence-corrected chi connectivity index (χ0v) is 22.4. The SMILES string of the molecule is CCCCCOc1ccc(C2C(C#N)=C(N)Oc3cc(OC(=O)COc4ccccc4C)ccc32)cc1OC. The summed E-state index contributed by atoms with van der Waals surface area (Å²) < 4.78 is 28.3. The Kier molecular flexibility index (Phi) is 8.95. The summed E-state index contributed by atoms with van der Waals surface area (Å²) in [6, 6.07) is 20.2. The van der Waals surface area contributed by atoms with Crippen molar-refractivity contribution >= 4 is 5.97 Å². The molecule has 0 spiro atoms. The molecule has 4 rings (SSSR count). The van der Waals surface area contributed by atoms with Gasteiger partial charge in [-0.1, -0.05) is 50.1 Å². The third-order valence-corrected chi connectivity index (χ3v) is 6.39. The van der Waals surface area contributed by atoms with E-state index in [9.17, 15) is 10.1 Å². The highest BCUT2D eigenvalue weighted by Gasteiger charge is 2.31. The average Bonchev–Trinajstić information content (AvgIpc) is 2.94. The molecule has 2 N–H and O–H groups in total. The first-order valence-corrected chi connectivity index (χ1v) is 12.9. The number of rotatable bonds is 11. The molecule has 202 valence electrons. The molecule has 3 aromatic rings. The number of esters is 1. The molecule has 1 aliphatic rings. The van der Waals surface area contributed by atoms with Crippen LogP contribution in [0.3, 0.4) is 0 Å². The van der Waals surface area contributed by atoms with Crippen LogP contribution in [0.5, 0.6) is 28.7 Å². The Hall–Kier alpha value is -4.64. The van der Waals surface area contributed by atoms with Crippen molar-refractivity contribution in [3.8, 4) is 34.8 Å². The molecule has 0 aromatic heterocycles. The molecule has 0 bridgehead atoms. The molecule has 1 aliphatic heterocycles. The highest BCUT2D eigenvalue weighted by molar-refractivity contribution is 5.74. The first kappa shape index (κ1) is 27.4. The number of carbonyl (C=O) groups excluding carboxylic acids is 1. The number of hydrogen-bond acceptors (Lipinski definition) is 8. The van der Waals surface area contributed by atoms with Crippen molar-refractivity contribution in [3.05, 3.63) is 88.8 Å². The molecule has 0 radical (unpaired) electrons. The third kappa shape index (κ3) is 6.44. The van der Waals surface area contributed by atoms with Gasteiger partial charge >= 0.3 is 5.97 Å². The Balaban J connectivity index is 1.55. The molecule has 8 heteroatoms. The summed E-state index contributed by atoms with van der Waals surface area (Å²) in [6.07, 6.45) is 3.15. The Morgan fingerprint density at radius 3 is 2.59 bits per heavy atom. The number of aryl methyl sites for hydroxylation is 1. The van der Waals surface area contributed by atoms with E-state index in [1.165, 1.54) is 0 Å². The predicted octanol–water partition coefficient (Wildman–Crippen LogP) is 5.78. The van der Waals surface area contributed by atoms with Gasteiger partial charge in [0.05, 0.1) is 19.6 Å². The Labute approximate surface area is 228 Å². The highest BCUT2D eigenvalue weighted by Crippen LogP contribution is 2.45. The van der Waals surface area contributed by atoms with Crippen LogP contribution in [0.4, 0.5) is 0 Å². The van der Waals surface area contributed by atoms with E-state index in [1.807, 2.05) is 43.3 Å². The quantitative estimate of drug-likeness (QED) is 0.189. The second kappa shape index (κ2) is 12.7. The monoisotopic (exact) mass is 528 g/mol. The molecule has 0 fully saturated rings. The lowest BCUT2D eigenvalue weighted by molar-refractivity contribution is -0.136. The van der Waals surface area contributed by atoms with Gasteiger partial charge in [-0.15, -0.1) is 0 Å². The third-order valence-electron chi connectivity index (χ3n) is 6.39. The Morgan fingerprint density at radius 2 is 1.85 bits per heavy atom. The minimum atomic E-state index is -0.564. The maximum atomic E-state index is 12.4. The summed E-state index contributed by atoms with van der Waals surface area (Å²) in [6.45, 7) is 4.38. The van der Waals surface area contributed by atoms with Gasteiger partial charge in [0.1, 0.15) is 28.9 Å². The maximum absolute atomic E-state index is 12.4. The van der Waals surface area contributed by atoms with Crippen LogP contribution in [0.15, 0.2) is 72.1 Å². The fourth-order valence-electron chi connectivity index (χ4n) is 4.38. The lowest BCUT2D eigenvalue weighted by Gasteiger charge is -2.27. The number of fused-ring (bicyclic) bond motifs is 1. The summed E-state index contributed by atoms with van der Waals surface area (Å²) in [7, 11) is 1.58. The topological polar surface area (TPSA) is 113 Å². The normalized spacial score (nSPS) is 14.1. The first-order valence-electron chi connectivity index (χ1n) is 12.9. The molecule has 8 nitrogen and oxygen atoms in total. The Bertz CT molecular complexity index is 1410. The number of ether oxygens (including phenoxy) is 5. The van der Waals surface area contributed by atoms with E-state index in [0.29, 0.717) is 35.2 Å². The molecule has 1 unspecified atom stereocenters. The van der Waals surface area contributed by atoms with E-state index >= 15 is 0 Å². The Morgan fingerprint density at radius 1 is 1.03 bits per heavy atom. The largest absolute Gasteiger partial charge is 0.493 e. The van der Waals surface area contributed by atoms with Gasteiger partial charge in [-0.05, 0) is 48.7 Å². The molecule has 0 saturated heterocycles. The van der Waals surface area contributed by atoms with E-state index in [1.54, 1.807) is 31.4 Å². The second-order valence-corrected chi connectivity index (χ2v) is 9.12. The van der Waals surface area contributed by atoms with Gasteiger partial charge in [0.15, 0.2) is 18.1 Å². The average molecular weight is 529 g/mol. The summed E-state index contributed by atoms with van der Waals surface area (Å²) in [5, 5.41) is 9.91. The van der Waals surface area contributed by atoms with Crippen molar-refractivity contribution in [1.29, 1.82) is 5.26 Å². The number of unbranched alkanes of at least 4 members (excludes halogenated alkanes) is 2. The molecule has 1 atom stereocenters. The number of carbonyl (C=O) groups is 1. The molecule has 0 aliphatic carbocycles. The summed E-state index contributed by atoms with van der Waals surface area (Å²) in [5.41, 5.74) is 8.84. The first-order chi connectivity index (χ1) is 18.9. The number of para-hydroxylation sites is 1. The van der Waals surface area contributed by atoms with E-state index in [0.717, 1.165) is 30.4 Å². The number of methoxy groups -OCH3 is 1. The lowest BCUT2D eigenvalue weighted by atomic mass is 9.83. The second-order valence-electron chi connectivity index (χ2n) is 9.12. The van der Waals surface area contributed by atoms with Gasteiger partial charge in [-0.2, -0.15) is 5.26 Å². The van der Waals surface area contributed by atoms with E-state index in [4.69, 9.17) is 29.4 Å². The van der Waals surface area contributed by atoms with Crippen LogP contribution in [-0.4, -0.2) is 26.3 Å². The standard InChI is InChI=1S/C31H32N2O6/c1-4-5-8-15-36-26-14-11-21(16-28(26)35-3)30-23-13-12-22(17-27(23)39-31(33)24(30)18-32)38-29(34)19-37-25-10-7-6-9-20(25)2/h6-7,9-14,16-17,30H,4-5,8,15,19,33H2,1-3H3. The number of nitrogens with zero attached hydrogens (tertiary/aromatic N) is 1. The fourth-order valence-corrected chi connectivity index (χ4v) is 4.38. The van der Waals surface area contributed by atoms with Crippen molar-refractivity contribution in [2.24, 2.45) is 5.73 Å². The van der Waals surface area contributed by atoms with Crippen LogP contribution in [0.1, 0.15) is 48.8 Å². The molecule has 0 amide bonds. The summed E-state index contributed by atoms with van der Waals surface area (Å²) in [5.74, 6) is 1.39. The van der Waals surface area contributed by atoms with Gasteiger partial charge in [0, 0.05) is 11.6 Å². The molecular formula is C31H32N2O6. The predicted molar refractivity (Wildman–Crippen MR) is 146 cm³/mol.